The van der Waals surface area contributed by atoms with Crippen molar-refractivity contribution >= 4 is 5.97 Å². The summed E-state index contributed by atoms with van der Waals surface area (Å²) < 4.78 is 5.04. The van der Waals surface area contributed by atoms with Gasteiger partial charge in [0.25, 0.3) is 0 Å². The fourth-order valence-corrected chi connectivity index (χ4v) is 1.64. The van der Waals surface area contributed by atoms with Gasteiger partial charge >= 0.3 is 5.97 Å². The normalized spacial score (nSPS) is 12.9. The van der Waals surface area contributed by atoms with Gasteiger partial charge in [-0.15, -0.1) is 0 Å². The van der Waals surface area contributed by atoms with Gasteiger partial charge in [0.1, 0.15) is 11.5 Å². The van der Waals surface area contributed by atoms with Gasteiger partial charge in [-0.25, -0.2) is 4.79 Å². The molecule has 0 amide bonds. The molecule has 1 aliphatic carbocycles. The Morgan fingerprint density at radius 2 is 2.21 bits per heavy atom. The maximum absolute atomic E-state index is 10.3. The monoisotopic (exact) mass is 194 g/mol. The van der Waals surface area contributed by atoms with Crippen LogP contribution in [0.5, 0.6) is 11.5 Å². The van der Waals surface area contributed by atoms with E-state index in [4.69, 9.17) is 9.84 Å². The summed E-state index contributed by atoms with van der Waals surface area (Å²) in [5.41, 5.74) is 1.63. The Labute approximate surface area is 80.7 Å². The maximum Gasteiger partial charge on any atom is 0.341 e. The number of hydrogen-bond donors (Lipinski definition) is 2. The number of ether oxygens (including phenoxy) is 1. The number of phenols is 1. The third-order valence-electron chi connectivity index (χ3n) is 2.32. The second kappa shape index (κ2) is 3.21. The molecular formula is C10H10O4. The minimum atomic E-state index is -1.02. The van der Waals surface area contributed by atoms with Gasteiger partial charge in [0.2, 0.25) is 0 Å². The third-order valence-corrected chi connectivity index (χ3v) is 2.32. The third kappa shape index (κ3) is 1.39. The first-order valence-electron chi connectivity index (χ1n) is 4.37. The number of aromatic hydroxyl groups is 1. The van der Waals surface area contributed by atoms with Crippen molar-refractivity contribution in [2.24, 2.45) is 0 Å². The first-order valence-corrected chi connectivity index (χ1v) is 4.37. The van der Waals surface area contributed by atoms with Crippen molar-refractivity contribution in [1.29, 1.82) is 0 Å². The van der Waals surface area contributed by atoms with Crippen molar-refractivity contribution in [1.82, 2.24) is 0 Å². The predicted octanol–water partition coefficient (Wildman–Crippen LogP) is 0.954. The lowest BCUT2D eigenvalue weighted by Crippen LogP contribution is -2.10. The molecule has 0 atom stereocenters. The number of carboxylic acids is 1. The Morgan fingerprint density at radius 3 is 2.93 bits per heavy atom. The Bertz CT molecular complexity index is 384. The van der Waals surface area contributed by atoms with Gasteiger partial charge in [0.05, 0.1) is 0 Å². The van der Waals surface area contributed by atoms with E-state index in [1.165, 1.54) is 0 Å². The van der Waals surface area contributed by atoms with Crippen LogP contribution < -0.4 is 4.74 Å². The fourth-order valence-electron chi connectivity index (χ4n) is 1.64. The molecule has 0 spiro atoms. The van der Waals surface area contributed by atoms with Crippen LogP contribution in [0.25, 0.3) is 0 Å². The molecule has 0 aliphatic heterocycles. The zero-order chi connectivity index (χ0) is 10.1. The van der Waals surface area contributed by atoms with Gasteiger partial charge in [-0.2, -0.15) is 0 Å². The van der Waals surface area contributed by atoms with E-state index >= 15 is 0 Å². The summed E-state index contributed by atoms with van der Waals surface area (Å²) >= 11 is 0. The molecular weight excluding hydrogens is 184 g/mol. The molecule has 0 radical (unpaired) electrons. The Kier molecular flexibility index (Phi) is 2.04. The highest BCUT2D eigenvalue weighted by molar-refractivity contribution is 5.68. The molecule has 1 aromatic rings. The van der Waals surface area contributed by atoms with Gasteiger partial charge < -0.3 is 14.9 Å². The number of aliphatic carboxylic acids is 1. The van der Waals surface area contributed by atoms with E-state index in [1.54, 1.807) is 12.1 Å². The Hall–Kier alpha value is -1.71. The average molecular weight is 194 g/mol. The number of phenolic OH excluding ortho intramolecular Hbond substituents is 1. The number of carbonyl (C=O) groups is 1. The minimum Gasteiger partial charge on any atom is -0.507 e. The maximum atomic E-state index is 10.3. The Balaban J connectivity index is 2.21. The molecule has 14 heavy (non-hydrogen) atoms. The van der Waals surface area contributed by atoms with Gasteiger partial charge in [0.15, 0.2) is 6.61 Å². The molecule has 0 heterocycles. The average Bonchev–Trinajstić information content (AvgIpc) is 2.39. The quantitative estimate of drug-likeness (QED) is 0.751. The lowest BCUT2D eigenvalue weighted by Gasteiger charge is -2.06. The topological polar surface area (TPSA) is 66.8 Å². The van der Waals surface area contributed by atoms with Crippen molar-refractivity contribution in [3.63, 3.8) is 0 Å². The number of hydrogen-bond acceptors (Lipinski definition) is 3. The van der Waals surface area contributed by atoms with Crippen LogP contribution in [0.4, 0.5) is 0 Å². The standard InChI is InChI=1S/C10H10O4/c11-9(12)5-14-8-4-2-6-1-3-7(8)10(6)13/h2,4,13H,1,3,5H2,(H,11,12). The van der Waals surface area contributed by atoms with E-state index in [1.807, 2.05) is 0 Å². The molecule has 2 bridgehead atoms. The van der Waals surface area contributed by atoms with Gasteiger partial charge in [-0.05, 0) is 24.5 Å². The number of aryl methyl sites for hydroxylation is 1. The largest absolute Gasteiger partial charge is 0.507 e. The summed E-state index contributed by atoms with van der Waals surface area (Å²) in [4.78, 5) is 10.3. The van der Waals surface area contributed by atoms with Crippen LogP contribution >= 0.6 is 0 Å². The summed E-state index contributed by atoms with van der Waals surface area (Å²) in [6, 6.07) is 3.48. The lowest BCUT2D eigenvalue weighted by atomic mass is 10.2. The number of benzene rings is 1. The van der Waals surface area contributed by atoms with Gasteiger partial charge in [-0.1, -0.05) is 6.07 Å². The van der Waals surface area contributed by atoms with Crippen LogP contribution in [-0.2, 0) is 17.6 Å². The second-order valence-electron chi connectivity index (χ2n) is 3.23. The molecule has 1 aliphatic rings. The molecule has 1 aromatic carbocycles. The molecule has 0 unspecified atom stereocenters. The van der Waals surface area contributed by atoms with Crippen molar-refractivity contribution in [2.45, 2.75) is 12.8 Å². The SMILES string of the molecule is O=C(O)COc1ccc2c(O)c1CC2. The summed E-state index contributed by atoms with van der Waals surface area (Å²) in [6.07, 6.45) is 1.53. The highest BCUT2D eigenvalue weighted by atomic mass is 16.5. The minimum absolute atomic E-state index is 0.257. The number of fused-ring (bicyclic) bond motifs is 2. The summed E-state index contributed by atoms with van der Waals surface area (Å²) in [7, 11) is 0. The highest BCUT2D eigenvalue weighted by Crippen LogP contribution is 2.38. The van der Waals surface area contributed by atoms with Crippen molar-refractivity contribution in [3.8, 4) is 11.5 Å². The first-order chi connectivity index (χ1) is 6.68. The zero-order valence-electron chi connectivity index (χ0n) is 7.49. The molecule has 2 rings (SSSR count). The molecule has 2 N–H and O–H groups in total. The predicted molar refractivity (Wildman–Crippen MR) is 48.6 cm³/mol. The van der Waals surface area contributed by atoms with Crippen LogP contribution in [-0.4, -0.2) is 22.8 Å². The van der Waals surface area contributed by atoms with E-state index in [9.17, 15) is 9.90 Å². The van der Waals surface area contributed by atoms with Crippen molar-refractivity contribution < 1.29 is 19.7 Å². The lowest BCUT2D eigenvalue weighted by molar-refractivity contribution is -0.139. The molecule has 4 nitrogen and oxygen atoms in total. The Morgan fingerprint density at radius 1 is 1.43 bits per heavy atom. The van der Waals surface area contributed by atoms with E-state index < -0.39 is 5.97 Å². The first kappa shape index (κ1) is 8.87. The summed E-state index contributed by atoms with van der Waals surface area (Å²) in [5.74, 6) is -0.280. The highest BCUT2D eigenvalue weighted by Gasteiger charge is 2.20. The van der Waals surface area contributed by atoms with Crippen LogP contribution in [0.1, 0.15) is 11.1 Å². The molecule has 4 heteroatoms. The van der Waals surface area contributed by atoms with E-state index in [2.05, 4.69) is 0 Å². The van der Waals surface area contributed by atoms with Crippen molar-refractivity contribution in [2.75, 3.05) is 6.61 Å². The summed E-state index contributed by atoms with van der Waals surface area (Å²) in [5, 5.41) is 18.0. The van der Waals surface area contributed by atoms with E-state index in [-0.39, 0.29) is 12.4 Å². The van der Waals surface area contributed by atoms with Crippen LogP contribution in [0, 0.1) is 0 Å². The molecule has 74 valence electrons. The number of carboxylic acid groups (broad SMARTS) is 1. The smallest absolute Gasteiger partial charge is 0.341 e. The van der Waals surface area contributed by atoms with Gasteiger partial charge in [-0.3, -0.25) is 0 Å². The molecule has 0 saturated carbocycles. The van der Waals surface area contributed by atoms with Crippen molar-refractivity contribution in [3.05, 3.63) is 23.3 Å². The van der Waals surface area contributed by atoms with Crippen LogP contribution in [0.3, 0.4) is 0 Å². The van der Waals surface area contributed by atoms with E-state index in [0.29, 0.717) is 5.75 Å². The molecule has 0 fully saturated rings. The van der Waals surface area contributed by atoms with E-state index in [0.717, 1.165) is 24.0 Å². The molecule has 0 aromatic heterocycles. The molecule has 0 saturated heterocycles. The summed E-state index contributed by atoms with van der Waals surface area (Å²) in [6.45, 7) is -0.369. The number of rotatable bonds is 3. The van der Waals surface area contributed by atoms with Crippen LogP contribution in [0.15, 0.2) is 12.1 Å². The second-order valence-corrected chi connectivity index (χ2v) is 3.23. The van der Waals surface area contributed by atoms with Crippen LogP contribution in [0.2, 0.25) is 0 Å². The zero-order valence-corrected chi connectivity index (χ0v) is 7.49. The van der Waals surface area contributed by atoms with Gasteiger partial charge in [0, 0.05) is 5.56 Å². The fraction of sp³-hybridized carbons (Fsp3) is 0.300.